The fraction of sp³-hybridized carbons (Fsp3) is 0.333. The summed E-state index contributed by atoms with van der Waals surface area (Å²) in [6.07, 6.45) is 0.715. The minimum atomic E-state index is -0.234. The summed E-state index contributed by atoms with van der Waals surface area (Å²) >= 11 is 1.56. The number of nitrogens with zero attached hydrogens (tertiary/aromatic N) is 1. The second kappa shape index (κ2) is 4.61. The molecule has 16 heavy (non-hydrogen) atoms. The predicted molar refractivity (Wildman–Crippen MR) is 64.7 cm³/mol. The standard InChI is InChI=1S/C12H13NO2S/c1-3-8(12(14)15-2)11-13-9-6-4-5-7-10(9)16-11/h4-8H,3H2,1-2H3. The van der Waals surface area contributed by atoms with Gasteiger partial charge in [-0.25, -0.2) is 4.98 Å². The van der Waals surface area contributed by atoms with Gasteiger partial charge in [0.15, 0.2) is 0 Å². The molecule has 0 fully saturated rings. The second-order valence-electron chi connectivity index (χ2n) is 3.50. The first-order valence-corrected chi connectivity index (χ1v) is 6.01. The summed E-state index contributed by atoms with van der Waals surface area (Å²) in [4.78, 5) is 16.0. The maximum absolute atomic E-state index is 11.6. The summed E-state index contributed by atoms with van der Waals surface area (Å²) in [6, 6.07) is 7.90. The summed E-state index contributed by atoms with van der Waals surface area (Å²) in [5.41, 5.74) is 0.949. The van der Waals surface area contributed by atoms with E-state index in [1.807, 2.05) is 31.2 Å². The number of esters is 1. The Morgan fingerprint density at radius 2 is 2.25 bits per heavy atom. The minimum absolute atomic E-state index is 0.207. The number of carbonyl (C=O) groups is 1. The lowest BCUT2D eigenvalue weighted by atomic mass is 10.1. The maximum Gasteiger partial charge on any atom is 0.315 e. The highest BCUT2D eigenvalue weighted by atomic mass is 32.1. The third-order valence-electron chi connectivity index (χ3n) is 2.50. The van der Waals surface area contributed by atoms with Crippen LogP contribution in [0.25, 0.3) is 10.2 Å². The van der Waals surface area contributed by atoms with Crippen LogP contribution in [0.2, 0.25) is 0 Å². The van der Waals surface area contributed by atoms with Crippen molar-refractivity contribution in [3.8, 4) is 0 Å². The Labute approximate surface area is 98.1 Å². The van der Waals surface area contributed by atoms with E-state index in [1.165, 1.54) is 7.11 Å². The normalized spacial score (nSPS) is 12.6. The number of benzene rings is 1. The number of hydrogen-bond donors (Lipinski definition) is 0. The van der Waals surface area contributed by atoms with Gasteiger partial charge in [0.1, 0.15) is 10.9 Å². The quantitative estimate of drug-likeness (QED) is 0.768. The lowest BCUT2D eigenvalue weighted by Crippen LogP contribution is -2.12. The van der Waals surface area contributed by atoms with Gasteiger partial charge in [0, 0.05) is 0 Å². The number of hydrogen-bond acceptors (Lipinski definition) is 4. The number of methoxy groups -OCH3 is 1. The molecule has 1 aromatic carbocycles. The Kier molecular flexibility index (Phi) is 3.19. The molecular weight excluding hydrogens is 222 g/mol. The summed E-state index contributed by atoms with van der Waals surface area (Å²) < 4.78 is 5.89. The van der Waals surface area contributed by atoms with Crippen molar-refractivity contribution in [3.63, 3.8) is 0 Å². The molecule has 2 aromatic rings. The highest BCUT2D eigenvalue weighted by molar-refractivity contribution is 7.18. The second-order valence-corrected chi connectivity index (χ2v) is 4.57. The largest absolute Gasteiger partial charge is 0.468 e. The Morgan fingerprint density at radius 3 is 2.88 bits per heavy atom. The average Bonchev–Trinajstić information content (AvgIpc) is 2.72. The SMILES string of the molecule is CCC(C(=O)OC)c1nc2ccccc2s1. The molecule has 0 aliphatic rings. The molecule has 0 N–H and O–H groups in total. The van der Waals surface area contributed by atoms with E-state index in [1.54, 1.807) is 11.3 Å². The summed E-state index contributed by atoms with van der Waals surface area (Å²) in [7, 11) is 1.41. The molecular formula is C12H13NO2S. The van der Waals surface area contributed by atoms with Crippen molar-refractivity contribution in [1.82, 2.24) is 4.98 Å². The molecule has 0 aliphatic heterocycles. The Morgan fingerprint density at radius 1 is 1.50 bits per heavy atom. The molecule has 0 spiro atoms. The molecule has 1 aromatic heterocycles. The van der Waals surface area contributed by atoms with Crippen LogP contribution in [0.15, 0.2) is 24.3 Å². The van der Waals surface area contributed by atoms with Crippen molar-refractivity contribution in [3.05, 3.63) is 29.3 Å². The van der Waals surface area contributed by atoms with Gasteiger partial charge in [-0.2, -0.15) is 0 Å². The molecule has 3 nitrogen and oxygen atoms in total. The number of para-hydroxylation sites is 1. The van der Waals surface area contributed by atoms with E-state index in [2.05, 4.69) is 4.98 Å². The van der Waals surface area contributed by atoms with E-state index in [0.29, 0.717) is 6.42 Å². The molecule has 1 atom stereocenters. The highest BCUT2D eigenvalue weighted by Crippen LogP contribution is 2.29. The molecule has 0 bridgehead atoms. The van der Waals surface area contributed by atoms with Gasteiger partial charge in [-0.1, -0.05) is 19.1 Å². The van der Waals surface area contributed by atoms with E-state index in [9.17, 15) is 4.79 Å². The fourth-order valence-corrected chi connectivity index (χ4v) is 2.76. The monoisotopic (exact) mass is 235 g/mol. The molecule has 1 unspecified atom stereocenters. The van der Waals surface area contributed by atoms with Crippen LogP contribution in [-0.2, 0) is 9.53 Å². The predicted octanol–water partition coefficient (Wildman–Crippen LogP) is 2.96. The molecule has 0 radical (unpaired) electrons. The summed E-state index contributed by atoms with van der Waals surface area (Å²) in [6.45, 7) is 1.97. The fourth-order valence-electron chi connectivity index (χ4n) is 1.62. The third kappa shape index (κ3) is 1.93. The Balaban J connectivity index is 2.41. The smallest absolute Gasteiger partial charge is 0.315 e. The van der Waals surface area contributed by atoms with Crippen molar-refractivity contribution in [2.45, 2.75) is 19.3 Å². The third-order valence-corrected chi connectivity index (χ3v) is 3.65. The minimum Gasteiger partial charge on any atom is -0.468 e. The number of carbonyl (C=O) groups excluding carboxylic acids is 1. The van der Waals surface area contributed by atoms with Gasteiger partial charge < -0.3 is 4.74 Å². The van der Waals surface area contributed by atoms with Gasteiger partial charge in [0.25, 0.3) is 0 Å². The van der Waals surface area contributed by atoms with Crippen LogP contribution in [0.5, 0.6) is 0 Å². The molecule has 2 rings (SSSR count). The van der Waals surface area contributed by atoms with E-state index >= 15 is 0 Å². The van der Waals surface area contributed by atoms with Gasteiger partial charge in [-0.3, -0.25) is 4.79 Å². The van der Waals surface area contributed by atoms with Gasteiger partial charge in [-0.15, -0.1) is 11.3 Å². The molecule has 84 valence electrons. The molecule has 0 saturated heterocycles. The molecule has 0 saturated carbocycles. The van der Waals surface area contributed by atoms with Gasteiger partial charge in [-0.05, 0) is 18.6 Å². The lowest BCUT2D eigenvalue weighted by Gasteiger charge is -2.07. The van der Waals surface area contributed by atoms with E-state index in [-0.39, 0.29) is 11.9 Å². The highest BCUT2D eigenvalue weighted by Gasteiger charge is 2.22. The first-order chi connectivity index (χ1) is 7.76. The van der Waals surface area contributed by atoms with Crippen molar-refractivity contribution in [2.24, 2.45) is 0 Å². The first-order valence-electron chi connectivity index (χ1n) is 5.19. The van der Waals surface area contributed by atoms with E-state index in [0.717, 1.165) is 15.2 Å². The zero-order valence-corrected chi connectivity index (χ0v) is 10.1. The average molecular weight is 235 g/mol. The number of fused-ring (bicyclic) bond motifs is 1. The van der Waals surface area contributed by atoms with Crippen LogP contribution in [0.1, 0.15) is 24.3 Å². The Bertz CT molecular complexity index is 473. The van der Waals surface area contributed by atoms with E-state index in [4.69, 9.17) is 4.74 Å². The zero-order valence-electron chi connectivity index (χ0n) is 9.27. The van der Waals surface area contributed by atoms with Crippen LogP contribution >= 0.6 is 11.3 Å². The molecule has 4 heteroatoms. The van der Waals surface area contributed by atoms with Crippen LogP contribution in [0.4, 0.5) is 0 Å². The van der Waals surface area contributed by atoms with Crippen LogP contribution < -0.4 is 0 Å². The van der Waals surface area contributed by atoms with Crippen LogP contribution in [0.3, 0.4) is 0 Å². The first kappa shape index (κ1) is 11.1. The molecule has 1 heterocycles. The molecule has 0 aliphatic carbocycles. The van der Waals surface area contributed by atoms with Gasteiger partial charge in [0.2, 0.25) is 0 Å². The van der Waals surface area contributed by atoms with Gasteiger partial charge >= 0.3 is 5.97 Å². The number of ether oxygens (including phenoxy) is 1. The zero-order chi connectivity index (χ0) is 11.5. The maximum atomic E-state index is 11.6. The lowest BCUT2D eigenvalue weighted by molar-refractivity contribution is -0.142. The van der Waals surface area contributed by atoms with Crippen molar-refractivity contribution in [2.75, 3.05) is 7.11 Å². The Hall–Kier alpha value is -1.42. The van der Waals surface area contributed by atoms with Crippen LogP contribution in [0, 0.1) is 0 Å². The molecule has 0 amide bonds. The van der Waals surface area contributed by atoms with Crippen LogP contribution in [-0.4, -0.2) is 18.1 Å². The van der Waals surface area contributed by atoms with Gasteiger partial charge in [0.05, 0.1) is 17.3 Å². The van der Waals surface area contributed by atoms with Crippen molar-refractivity contribution < 1.29 is 9.53 Å². The summed E-state index contributed by atoms with van der Waals surface area (Å²) in [5.74, 6) is -0.441. The summed E-state index contributed by atoms with van der Waals surface area (Å²) in [5, 5.41) is 0.843. The topological polar surface area (TPSA) is 39.2 Å². The van der Waals surface area contributed by atoms with Crippen molar-refractivity contribution >= 4 is 27.5 Å². The van der Waals surface area contributed by atoms with Crippen molar-refractivity contribution in [1.29, 1.82) is 0 Å². The number of thiazole rings is 1. The number of rotatable bonds is 3. The number of aromatic nitrogens is 1. The van der Waals surface area contributed by atoms with E-state index < -0.39 is 0 Å².